The van der Waals surface area contributed by atoms with Crippen LogP contribution in [-0.2, 0) is 11.3 Å². The SMILES string of the molecule is CCC1=Cc2ncc(CN3CCN(c4cccnc4C(=O)NC)[C@H]4CC[C@H]43)cc2NC1=C=O. The summed E-state index contributed by atoms with van der Waals surface area (Å²) in [5.74, 6) is 1.86. The average Bonchev–Trinajstić information content (AvgIpc) is 2.83. The Morgan fingerprint density at radius 3 is 2.85 bits per heavy atom. The van der Waals surface area contributed by atoms with Gasteiger partial charge in [-0.15, -0.1) is 0 Å². The van der Waals surface area contributed by atoms with Gasteiger partial charge in [0.25, 0.3) is 5.91 Å². The molecule has 1 saturated heterocycles. The number of nitrogens with one attached hydrogen (secondary N) is 2. The van der Waals surface area contributed by atoms with Gasteiger partial charge >= 0.3 is 0 Å². The molecule has 2 aliphatic heterocycles. The van der Waals surface area contributed by atoms with Gasteiger partial charge in [0.1, 0.15) is 5.70 Å². The van der Waals surface area contributed by atoms with E-state index in [1.54, 1.807) is 13.2 Å². The number of carbonyl (C=O) groups is 1. The molecular weight excluding hydrogens is 416 g/mol. The van der Waals surface area contributed by atoms with Crippen molar-refractivity contribution in [3.05, 3.63) is 58.8 Å². The zero-order valence-electron chi connectivity index (χ0n) is 19.0. The fourth-order valence-corrected chi connectivity index (χ4v) is 5.12. The molecule has 0 spiro atoms. The molecule has 0 radical (unpaired) electrons. The highest BCUT2D eigenvalue weighted by Gasteiger charge is 2.43. The minimum atomic E-state index is -0.152. The van der Waals surface area contributed by atoms with Gasteiger partial charge in [0.05, 0.1) is 17.1 Å². The summed E-state index contributed by atoms with van der Waals surface area (Å²) in [5.41, 5.74) is 5.67. The van der Waals surface area contributed by atoms with Gasteiger partial charge in [-0.05, 0) is 54.7 Å². The summed E-state index contributed by atoms with van der Waals surface area (Å²) in [4.78, 5) is 37.5. The molecule has 0 unspecified atom stereocenters. The number of carbonyl (C=O) groups excluding carboxylic acids is 2. The average molecular weight is 445 g/mol. The van der Waals surface area contributed by atoms with Crippen LogP contribution in [-0.4, -0.2) is 58.9 Å². The first-order chi connectivity index (χ1) is 16.1. The van der Waals surface area contributed by atoms with Crippen LogP contribution in [0.1, 0.15) is 47.9 Å². The monoisotopic (exact) mass is 444 g/mol. The van der Waals surface area contributed by atoms with Gasteiger partial charge in [-0.3, -0.25) is 14.7 Å². The molecule has 2 aromatic rings. The summed E-state index contributed by atoms with van der Waals surface area (Å²) >= 11 is 0. The number of piperazine rings is 1. The van der Waals surface area contributed by atoms with Crippen LogP contribution in [0.4, 0.5) is 11.4 Å². The number of allylic oxidation sites excluding steroid dienone is 1. The summed E-state index contributed by atoms with van der Waals surface area (Å²) in [6.45, 7) is 4.56. The number of aromatic nitrogens is 2. The predicted octanol–water partition coefficient (Wildman–Crippen LogP) is 2.62. The van der Waals surface area contributed by atoms with Gasteiger partial charge in [-0.1, -0.05) is 6.92 Å². The Morgan fingerprint density at radius 1 is 1.27 bits per heavy atom. The molecular formula is C25H28N6O2. The maximum absolute atomic E-state index is 12.3. The van der Waals surface area contributed by atoms with E-state index in [1.165, 1.54) is 0 Å². The van der Waals surface area contributed by atoms with E-state index in [0.29, 0.717) is 23.5 Å². The van der Waals surface area contributed by atoms with Crippen molar-refractivity contribution in [2.24, 2.45) is 0 Å². The largest absolute Gasteiger partial charge is 0.364 e. The standard InChI is InChI=1S/C25H28N6O2/c1-3-17-12-18-19(29-20(17)15-32)11-16(13-28-18)14-30-9-10-31(22-7-6-21(22)30)23-5-4-8-27-24(23)25(33)26-2/h4-5,8,11-13,21-22,29H,3,6-7,9-10,14H2,1-2H3,(H,26,33)/t21-,22+/m1/s1. The van der Waals surface area contributed by atoms with Crippen LogP contribution < -0.4 is 15.5 Å². The van der Waals surface area contributed by atoms with Crippen molar-refractivity contribution in [1.82, 2.24) is 20.2 Å². The normalized spacial score (nSPS) is 21.7. The van der Waals surface area contributed by atoms with Gasteiger partial charge in [0, 0.05) is 51.2 Å². The number of hydrogen-bond donors (Lipinski definition) is 2. The van der Waals surface area contributed by atoms with Crippen LogP contribution in [0, 0.1) is 0 Å². The van der Waals surface area contributed by atoms with Crippen LogP contribution in [0.2, 0.25) is 0 Å². The highest BCUT2D eigenvalue weighted by molar-refractivity contribution is 5.97. The second-order valence-electron chi connectivity index (χ2n) is 8.73. The maximum atomic E-state index is 12.3. The summed E-state index contributed by atoms with van der Waals surface area (Å²) in [6.07, 6.45) is 8.56. The topological polar surface area (TPSA) is 90.5 Å². The van der Waals surface area contributed by atoms with Crippen molar-refractivity contribution in [2.45, 2.75) is 44.8 Å². The number of amides is 1. The first kappa shape index (κ1) is 21.4. The van der Waals surface area contributed by atoms with Crippen LogP contribution >= 0.6 is 0 Å². The molecule has 4 heterocycles. The Hall–Kier alpha value is -3.48. The molecule has 2 fully saturated rings. The molecule has 0 aromatic carbocycles. The fourth-order valence-electron chi connectivity index (χ4n) is 5.12. The van der Waals surface area contributed by atoms with Gasteiger partial charge < -0.3 is 15.5 Å². The molecule has 8 heteroatoms. The first-order valence-electron chi connectivity index (χ1n) is 11.5. The molecule has 1 amide bonds. The van der Waals surface area contributed by atoms with Crippen molar-refractivity contribution in [1.29, 1.82) is 0 Å². The lowest BCUT2D eigenvalue weighted by Gasteiger charge is -2.55. The van der Waals surface area contributed by atoms with E-state index in [4.69, 9.17) is 0 Å². The summed E-state index contributed by atoms with van der Waals surface area (Å²) < 4.78 is 0. The fraction of sp³-hybridized carbons (Fsp3) is 0.400. The number of anilines is 2. The second kappa shape index (κ2) is 8.81. The summed E-state index contributed by atoms with van der Waals surface area (Å²) in [6, 6.07) is 6.78. The molecule has 2 atom stereocenters. The van der Waals surface area contributed by atoms with Gasteiger partial charge in [-0.25, -0.2) is 9.78 Å². The molecule has 33 heavy (non-hydrogen) atoms. The Labute approximate surface area is 193 Å². The summed E-state index contributed by atoms with van der Waals surface area (Å²) in [7, 11) is 1.64. The van der Waals surface area contributed by atoms with Crippen LogP contribution in [0.15, 0.2) is 41.9 Å². The number of hydrogen-bond acceptors (Lipinski definition) is 7. The molecule has 0 bridgehead atoms. The number of pyridine rings is 2. The van der Waals surface area contributed by atoms with Crippen LogP contribution in [0.5, 0.6) is 0 Å². The quantitative estimate of drug-likeness (QED) is 0.685. The van der Waals surface area contributed by atoms with E-state index < -0.39 is 0 Å². The highest BCUT2D eigenvalue weighted by atomic mass is 16.1. The molecule has 2 N–H and O–H groups in total. The lowest BCUT2D eigenvalue weighted by Crippen LogP contribution is -2.64. The predicted molar refractivity (Wildman–Crippen MR) is 128 cm³/mol. The van der Waals surface area contributed by atoms with Crippen LogP contribution in [0.3, 0.4) is 0 Å². The van der Waals surface area contributed by atoms with Gasteiger partial charge in [0.2, 0.25) is 0 Å². The van der Waals surface area contributed by atoms with Crippen molar-refractivity contribution in [3.63, 3.8) is 0 Å². The van der Waals surface area contributed by atoms with Gasteiger partial charge in [-0.2, -0.15) is 0 Å². The minimum Gasteiger partial charge on any atom is -0.364 e. The van der Waals surface area contributed by atoms with E-state index in [0.717, 1.165) is 67.1 Å². The van der Waals surface area contributed by atoms with E-state index in [9.17, 15) is 9.59 Å². The minimum absolute atomic E-state index is 0.152. The van der Waals surface area contributed by atoms with Crippen molar-refractivity contribution in [2.75, 3.05) is 30.4 Å². The molecule has 1 saturated carbocycles. The molecule has 2 aromatic heterocycles. The van der Waals surface area contributed by atoms with Crippen LogP contribution in [0.25, 0.3) is 6.08 Å². The molecule has 170 valence electrons. The third-order valence-electron chi connectivity index (χ3n) is 6.97. The number of rotatable bonds is 5. The van der Waals surface area contributed by atoms with E-state index in [2.05, 4.69) is 36.5 Å². The van der Waals surface area contributed by atoms with Crippen molar-refractivity contribution >= 4 is 29.3 Å². The zero-order valence-corrected chi connectivity index (χ0v) is 19.0. The smallest absolute Gasteiger partial charge is 0.271 e. The van der Waals surface area contributed by atoms with Crippen molar-refractivity contribution < 1.29 is 9.59 Å². The van der Waals surface area contributed by atoms with Gasteiger partial charge in [0.15, 0.2) is 11.6 Å². The third-order valence-corrected chi connectivity index (χ3v) is 6.97. The number of fused-ring (bicyclic) bond motifs is 2. The highest BCUT2D eigenvalue weighted by Crippen LogP contribution is 2.38. The lowest BCUT2D eigenvalue weighted by molar-refractivity contribution is 0.0656. The Morgan fingerprint density at radius 2 is 2.12 bits per heavy atom. The first-order valence-corrected chi connectivity index (χ1v) is 11.5. The lowest BCUT2D eigenvalue weighted by atomic mass is 9.81. The maximum Gasteiger partial charge on any atom is 0.271 e. The Kier molecular flexibility index (Phi) is 5.70. The third kappa shape index (κ3) is 3.81. The molecule has 8 nitrogen and oxygen atoms in total. The van der Waals surface area contributed by atoms with Crippen molar-refractivity contribution in [3.8, 4) is 0 Å². The molecule has 5 rings (SSSR count). The number of nitrogens with zero attached hydrogens (tertiary/aromatic N) is 4. The summed E-state index contributed by atoms with van der Waals surface area (Å²) in [5, 5.41) is 5.90. The Bertz CT molecular complexity index is 1170. The van der Waals surface area contributed by atoms with E-state index >= 15 is 0 Å². The molecule has 3 aliphatic rings. The van der Waals surface area contributed by atoms with E-state index in [1.807, 2.05) is 37.3 Å². The van der Waals surface area contributed by atoms with E-state index in [-0.39, 0.29) is 5.91 Å². The molecule has 1 aliphatic carbocycles. The second-order valence-corrected chi connectivity index (χ2v) is 8.73. The zero-order chi connectivity index (χ0) is 22.9. The Balaban J connectivity index is 1.33.